The molecule has 0 spiro atoms. The van der Waals surface area contributed by atoms with Gasteiger partial charge in [0, 0.05) is 48.3 Å². The number of hydrogen-bond acceptors (Lipinski definition) is 6. The molecule has 3 saturated carbocycles. The standard InChI is InChI=1S/C41H40F5N3O6/c1-54-35-11-5-23(28-18-24(4-9-32(28)42)34(20-50)48-38(51)22-12-14-55-15-13-22)17-30(35)39(52)49-37-27-8-7-26(29(27)16-21-2-3-21)36(37)40(53)47-25-6-10-33(43)31(19-25)41(44,45)46/h4-6,9-11,17-19,22,26-27,34,36-37,50H,2-3,7-8,12-15,20H2,1H3,(H,47,53)(H,48,51)(H,49,52)/t26?,27?,34?,36-,37+/m0/s1. The normalized spacial score (nSPS) is 22.5. The summed E-state index contributed by atoms with van der Waals surface area (Å²) in [4.78, 5) is 41.0. The van der Waals surface area contributed by atoms with Crippen LogP contribution in [0.4, 0.5) is 27.6 Å². The number of aliphatic hydroxyl groups is 1. The molecule has 1 aliphatic heterocycles. The number of alkyl halides is 3. The number of carbonyl (C=O) groups is 3. The number of amides is 3. The van der Waals surface area contributed by atoms with E-state index in [2.05, 4.69) is 21.7 Å². The number of hydrogen-bond donors (Lipinski definition) is 4. The second-order valence-corrected chi connectivity index (χ2v) is 14.5. The van der Waals surface area contributed by atoms with Crippen LogP contribution in [0.15, 0.2) is 71.5 Å². The van der Waals surface area contributed by atoms with Crippen molar-refractivity contribution in [2.45, 2.75) is 56.8 Å². The highest BCUT2D eigenvalue weighted by Crippen LogP contribution is 2.53. The third kappa shape index (κ3) is 8.03. The van der Waals surface area contributed by atoms with Crippen molar-refractivity contribution in [3.8, 4) is 16.9 Å². The van der Waals surface area contributed by atoms with Crippen LogP contribution in [0, 0.1) is 35.3 Å². The minimum atomic E-state index is -4.97. The van der Waals surface area contributed by atoms with Crippen molar-refractivity contribution in [1.29, 1.82) is 0 Å². The maximum absolute atomic E-state index is 15.5. The first-order chi connectivity index (χ1) is 26.4. The number of rotatable bonds is 10. The van der Waals surface area contributed by atoms with Crippen LogP contribution in [-0.4, -0.2) is 55.8 Å². The number of ether oxygens (including phenoxy) is 2. The summed E-state index contributed by atoms with van der Waals surface area (Å²) >= 11 is 0. The summed E-state index contributed by atoms with van der Waals surface area (Å²) in [6.07, 6.45) is -0.869. The van der Waals surface area contributed by atoms with E-state index in [0.717, 1.165) is 30.1 Å². The molecule has 290 valence electrons. The van der Waals surface area contributed by atoms with E-state index in [-0.39, 0.29) is 46.2 Å². The maximum atomic E-state index is 15.5. The van der Waals surface area contributed by atoms with E-state index >= 15 is 4.39 Å². The second-order valence-electron chi connectivity index (χ2n) is 14.5. The lowest BCUT2D eigenvalue weighted by Crippen LogP contribution is -2.48. The lowest BCUT2D eigenvalue weighted by molar-refractivity contribution is -0.140. The molecular weight excluding hydrogens is 725 g/mol. The molecule has 0 radical (unpaired) electrons. The van der Waals surface area contributed by atoms with Crippen molar-refractivity contribution in [1.82, 2.24) is 10.6 Å². The SMILES string of the molecule is COc1ccc(-c2cc(C(CO)NC(=O)C3CCOCC3)ccc2F)cc1C(=O)N[C@@H]1C2CCC(C2=C=C2CC2)[C@@H]1C(=O)Nc1ccc(F)c(C(F)(F)F)c1. The third-order valence-corrected chi connectivity index (χ3v) is 11.0. The van der Waals surface area contributed by atoms with Crippen LogP contribution in [0.25, 0.3) is 11.1 Å². The topological polar surface area (TPSA) is 126 Å². The average molecular weight is 766 g/mol. The fraction of sp³-hybridized carbons (Fsp3) is 0.415. The molecule has 4 fully saturated rings. The number of anilines is 1. The van der Waals surface area contributed by atoms with Gasteiger partial charge in [0.1, 0.15) is 17.4 Å². The molecule has 3 aromatic rings. The first-order valence-corrected chi connectivity index (χ1v) is 18.3. The second kappa shape index (κ2) is 15.6. The number of nitrogens with one attached hydrogen (secondary N) is 3. The van der Waals surface area contributed by atoms with E-state index in [4.69, 9.17) is 9.47 Å². The largest absolute Gasteiger partial charge is 0.496 e. The Morgan fingerprint density at radius 1 is 0.927 bits per heavy atom. The summed E-state index contributed by atoms with van der Waals surface area (Å²) in [5, 5.41) is 18.6. The summed E-state index contributed by atoms with van der Waals surface area (Å²) < 4.78 is 80.7. The molecule has 1 heterocycles. The fourth-order valence-corrected chi connectivity index (χ4v) is 8.10. The molecule has 5 atom stereocenters. The number of methoxy groups -OCH3 is 1. The Bertz CT molecular complexity index is 2070. The van der Waals surface area contributed by atoms with Crippen molar-refractivity contribution in [3.05, 3.63) is 99.8 Å². The first kappa shape index (κ1) is 38.2. The molecule has 3 unspecified atom stereocenters. The molecule has 9 nitrogen and oxygen atoms in total. The van der Waals surface area contributed by atoms with Crippen molar-refractivity contribution in [2.75, 3.05) is 32.2 Å². The van der Waals surface area contributed by atoms with E-state index in [9.17, 15) is 37.1 Å². The summed E-state index contributed by atoms with van der Waals surface area (Å²) in [5.41, 5.74) is 4.56. The van der Waals surface area contributed by atoms with Gasteiger partial charge in [-0.15, -0.1) is 5.73 Å². The quantitative estimate of drug-likeness (QED) is 0.132. The predicted molar refractivity (Wildman–Crippen MR) is 191 cm³/mol. The van der Waals surface area contributed by atoms with Crippen LogP contribution in [0.2, 0.25) is 0 Å². The summed E-state index contributed by atoms with van der Waals surface area (Å²) in [5.74, 6) is -5.15. The van der Waals surface area contributed by atoms with E-state index in [0.29, 0.717) is 62.2 Å². The van der Waals surface area contributed by atoms with E-state index in [1.807, 2.05) is 0 Å². The highest BCUT2D eigenvalue weighted by atomic mass is 19.4. The fourth-order valence-electron chi connectivity index (χ4n) is 8.10. The molecule has 4 aliphatic rings. The Balaban J connectivity index is 1.16. The van der Waals surface area contributed by atoms with E-state index in [1.54, 1.807) is 6.07 Å². The van der Waals surface area contributed by atoms with Crippen LogP contribution in [-0.2, 0) is 20.5 Å². The van der Waals surface area contributed by atoms with Crippen LogP contribution < -0.4 is 20.7 Å². The molecule has 3 aliphatic carbocycles. The van der Waals surface area contributed by atoms with E-state index < -0.39 is 59.8 Å². The molecule has 2 bridgehead atoms. The van der Waals surface area contributed by atoms with E-state index in [1.165, 1.54) is 37.4 Å². The lowest BCUT2D eigenvalue weighted by Gasteiger charge is -2.30. The Morgan fingerprint density at radius 3 is 2.35 bits per heavy atom. The molecular formula is C41H40F5N3O6. The Kier molecular flexibility index (Phi) is 10.8. The van der Waals surface area contributed by atoms with Crippen LogP contribution in [0.5, 0.6) is 5.75 Å². The van der Waals surface area contributed by atoms with Crippen LogP contribution >= 0.6 is 0 Å². The molecule has 55 heavy (non-hydrogen) atoms. The zero-order chi connectivity index (χ0) is 39.0. The van der Waals surface area contributed by atoms with Gasteiger partial charge in [-0.05, 0) is 103 Å². The molecule has 3 amide bonds. The molecule has 0 aromatic heterocycles. The van der Waals surface area contributed by atoms with Gasteiger partial charge in [-0.25, -0.2) is 8.78 Å². The number of benzene rings is 3. The number of fused-ring (bicyclic) bond motifs is 2. The number of aliphatic hydroxyl groups excluding tert-OH is 1. The maximum Gasteiger partial charge on any atom is 0.419 e. The van der Waals surface area contributed by atoms with Crippen molar-refractivity contribution in [2.24, 2.45) is 23.7 Å². The number of halogens is 5. The molecule has 4 N–H and O–H groups in total. The molecule has 14 heteroatoms. The predicted octanol–water partition coefficient (Wildman–Crippen LogP) is 6.87. The van der Waals surface area contributed by atoms with Crippen molar-refractivity contribution in [3.63, 3.8) is 0 Å². The van der Waals surface area contributed by atoms with Crippen LogP contribution in [0.3, 0.4) is 0 Å². The highest BCUT2D eigenvalue weighted by molar-refractivity contribution is 6.00. The van der Waals surface area contributed by atoms with Crippen LogP contribution in [0.1, 0.15) is 66.1 Å². The smallest absolute Gasteiger partial charge is 0.419 e. The first-order valence-electron chi connectivity index (χ1n) is 18.3. The van der Waals surface area contributed by atoms with Gasteiger partial charge in [-0.3, -0.25) is 14.4 Å². The van der Waals surface area contributed by atoms with Gasteiger partial charge in [0.2, 0.25) is 11.8 Å². The van der Waals surface area contributed by atoms with Crippen molar-refractivity contribution < 1.29 is 50.9 Å². The lowest BCUT2D eigenvalue weighted by atomic mass is 9.83. The van der Waals surface area contributed by atoms with Gasteiger partial charge in [-0.2, -0.15) is 13.2 Å². The van der Waals surface area contributed by atoms with Crippen molar-refractivity contribution >= 4 is 23.4 Å². The van der Waals surface area contributed by atoms with Gasteiger partial charge in [0.05, 0.1) is 36.8 Å². The highest BCUT2D eigenvalue weighted by Gasteiger charge is 2.55. The monoisotopic (exact) mass is 765 g/mol. The van der Waals surface area contributed by atoms with Gasteiger partial charge in [0.25, 0.3) is 5.91 Å². The summed E-state index contributed by atoms with van der Waals surface area (Å²) in [7, 11) is 1.37. The van der Waals surface area contributed by atoms with Gasteiger partial charge < -0.3 is 30.5 Å². The molecule has 7 rings (SSSR count). The third-order valence-electron chi connectivity index (χ3n) is 11.0. The summed E-state index contributed by atoms with van der Waals surface area (Å²) in [6.45, 7) is 0.486. The minimum absolute atomic E-state index is 0.0395. The Labute approximate surface area is 314 Å². The minimum Gasteiger partial charge on any atom is -0.496 e. The van der Waals surface area contributed by atoms with Gasteiger partial charge in [0.15, 0.2) is 0 Å². The van der Waals surface area contributed by atoms with Gasteiger partial charge >= 0.3 is 6.18 Å². The zero-order valence-corrected chi connectivity index (χ0v) is 29.9. The Morgan fingerprint density at radius 2 is 1.65 bits per heavy atom. The zero-order valence-electron chi connectivity index (χ0n) is 29.9. The van der Waals surface area contributed by atoms with Gasteiger partial charge in [-0.1, -0.05) is 12.1 Å². The molecule has 3 aromatic carbocycles. The summed E-state index contributed by atoms with van der Waals surface area (Å²) in [6, 6.07) is 9.38. The number of carbonyl (C=O) groups excluding carboxylic acids is 3. The Hall–Kier alpha value is -5.04. The molecule has 1 saturated heterocycles. The average Bonchev–Trinajstić information content (AvgIpc) is 3.85.